The third-order valence-electron chi connectivity index (χ3n) is 3.61. The second kappa shape index (κ2) is 4.55. The summed E-state index contributed by atoms with van der Waals surface area (Å²) in [5, 5.41) is 0. The number of ether oxygens (including phenoxy) is 1. The number of likely N-dealkylation sites (tertiary alicyclic amines) is 1. The Morgan fingerprint density at radius 3 is 2.76 bits per heavy atom. The molecule has 5 nitrogen and oxygen atoms in total. The van der Waals surface area contributed by atoms with Gasteiger partial charge in [-0.05, 0) is 20.3 Å². The van der Waals surface area contributed by atoms with Gasteiger partial charge in [0.05, 0.1) is 17.7 Å². The van der Waals surface area contributed by atoms with Crippen molar-refractivity contribution < 1.29 is 9.53 Å². The molecule has 2 fully saturated rings. The zero-order valence-corrected chi connectivity index (χ0v) is 11.0. The number of carbonyl (C=O) groups is 1. The van der Waals surface area contributed by atoms with Gasteiger partial charge in [-0.3, -0.25) is 9.69 Å². The lowest BCUT2D eigenvalue weighted by Gasteiger charge is -2.44. The van der Waals surface area contributed by atoms with E-state index in [1.54, 1.807) is 0 Å². The van der Waals surface area contributed by atoms with E-state index in [9.17, 15) is 4.79 Å². The Morgan fingerprint density at radius 1 is 1.53 bits per heavy atom. The quantitative estimate of drug-likeness (QED) is 0.718. The van der Waals surface area contributed by atoms with E-state index in [0.717, 1.165) is 26.1 Å². The summed E-state index contributed by atoms with van der Waals surface area (Å²) in [4.78, 5) is 16.1. The number of morpholine rings is 1. The van der Waals surface area contributed by atoms with Crippen LogP contribution in [-0.2, 0) is 9.53 Å². The fraction of sp³-hybridized carbons (Fsp3) is 0.917. The molecule has 0 aliphatic carbocycles. The summed E-state index contributed by atoms with van der Waals surface area (Å²) in [7, 11) is 1.87. The zero-order chi connectivity index (χ0) is 12.6. The molecule has 2 saturated heterocycles. The van der Waals surface area contributed by atoms with E-state index in [-0.39, 0.29) is 23.7 Å². The molecule has 0 radical (unpaired) electrons. The van der Waals surface area contributed by atoms with Gasteiger partial charge >= 0.3 is 0 Å². The molecule has 2 atom stereocenters. The van der Waals surface area contributed by atoms with Crippen LogP contribution in [0, 0.1) is 0 Å². The Morgan fingerprint density at radius 2 is 2.24 bits per heavy atom. The molecular weight excluding hydrogens is 218 g/mol. The normalized spacial score (nSPS) is 34.4. The van der Waals surface area contributed by atoms with Crippen LogP contribution in [0.1, 0.15) is 20.3 Å². The van der Waals surface area contributed by atoms with Crippen molar-refractivity contribution in [1.82, 2.24) is 9.80 Å². The topological polar surface area (TPSA) is 58.8 Å². The number of hydrogen-bond acceptors (Lipinski definition) is 4. The fourth-order valence-corrected chi connectivity index (χ4v) is 2.84. The maximum Gasteiger partial charge on any atom is 0.239 e. The van der Waals surface area contributed by atoms with Crippen molar-refractivity contribution in [2.45, 2.75) is 38.0 Å². The Balaban J connectivity index is 2.07. The van der Waals surface area contributed by atoms with Gasteiger partial charge in [0.15, 0.2) is 0 Å². The largest absolute Gasteiger partial charge is 0.368 e. The van der Waals surface area contributed by atoms with Gasteiger partial charge in [0.2, 0.25) is 5.91 Å². The number of likely N-dealkylation sites (N-methyl/N-ethyl adjacent to an activating group) is 1. The van der Waals surface area contributed by atoms with E-state index in [2.05, 4.69) is 18.7 Å². The molecule has 2 N–H and O–H groups in total. The molecule has 98 valence electrons. The van der Waals surface area contributed by atoms with Gasteiger partial charge in [-0.1, -0.05) is 0 Å². The van der Waals surface area contributed by atoms with Crippen molar-refractivity contribution in [3.05, 3.63) is 0 Å². The van der Waals surface area contributed by atoms with Crippen LogP contribution in [0.5, 0.6) is 0 Å². The van der Waals surface area contributed by atoms with E-state index < -0.39 is 0 Å². The van der Waals surface area contributed by atoms with Crippen LogP contribution in [0.4, 0.5) is 0 Å². The van der Waals surface area contributed by atoms with Crippen molar-refractivity contribution in [2.75, 3.05) is 33.2 Å². The van der Waals surface area contributed by atoms with Crippen LogP contribution in [0.2, 0.25) is 0 Å². The highest BCUT2D eigenvalue weighted by atomic mass is 16.5. The molecule has 17 heavy (non-hydrogen) atoms. The second-order valence-corrected chi connectivity index (χ2v) is 5.73. The van der Waals surface area contributed by atoms with E-state index in [0.29, 0.717) is 6.54 Å². The highest BCUT2D eigenvalue weighted by Crippen LogP contribution is 2.25. The smallest absolute Gasteiger partial charge is 0.239 e. The van der Waals surface area contributed by atoms with Crippen LogP contribution in [0.25, 0.3) is 0 Å². The van der Waals surface area contributed by atoms with Crippen molar-refractivity contribution in [3.8, 4) is 0 Å². The molecule has 0 bridgehead atoms. The average Bonchev–Trinajstić information content (AvgIpc) is 2.57. The predicted molar refractivity (Wildman–Crippen MR) is 65.6 cm³/mol. The summed E-state index contributed by atoms with van der Waals surface area (Å²) in [6, 6.07) is 0.0252. The van der Waals surface area contributed by atoms with Crippen LogP contribution >= 0.6 is 0 Å². The first kappa shape index (κ1) is 12.8. The minimum Gasteiger partial charge on any atom is -0.368 e. The minimum absolute atomic E-state index is 0.0252. The molecule has 2 rings (SSSR count). The second-order valence-electron chi connectivity index (χ2n) is 5.73. The summed E-state index contributed by atoms with van der Waals surface area (Å²) >= 11 is 0. The molecule has 0 aromatic rings. The average molecular weight is 241 g/mol. The van der Waals surface area contributed by atoms with Gasteiger partial charge in [-0.2, -0.15) is 0 Å². The number of nitrogens with two attached hydrogens (primary N) is 1. The maximum atomic E-state index is 12.0. The Labute approximate surface area is 103 Å². The summed E-state index contributed by atoms with van der Waals surface area (Å²) in [5.41, 5.74) is 5.48. The van der Waals surface area contributed by atoms with Gasteiger partial charge < -0.3 is 15.4 Å². The molecule has 2 unspecified atom stereocenters. The third kappa shape index (κ3) is 2.61. The first-order valence-electron chi connectivity index (χ1n) is 6.30. The molecule has 1 amide bonds. The van der Waals surface area contributed by atoms with Gasteiger partial charge in [0.25, 0.3) is 0 Å². The monoisotopic (exact) mass is 241 g/mol. The van der Waals surface area contributed by atoms with E-state index in [4.69, 9.17) is 10.5 Å². The van der Waals surface area contributed by atoms with E-state index in [1.807, 2.05) is 11.9 Å². The first-order chi connectivity index (χ1) is 7.93. The fourth-order valence-electron chi connectivity index (χ4n) is 2.84. The number of amides is 1. The SMILES string of the molecule is CN1CCC(N2CC(CN)OC(C)(C)C2)C1=O. The van der Waals surface area contributed by atoms with Crippen LogP contribution in [0.15, 0.2) is 0 Å². The molecule has 0 saturated carbocycles. The van der Waals surface area contributed by atoms with Gasteiger partial charge in [-0.25, -0.2) is 0 Å². The molecule has 5 heteroatoms. The Kier molecular flexibility index (Phi) is 3.43. The van der Waals surface area contributed by atoms with Crippen molar-refractivity contribution in [3.63, 3.8) is 0 Å². The lowest BCUT2D eigenvalue weighted by atomic mass is 10.0. The summed E-state index contributed by atoms with van der Waals surface area (Å²) < 4.78 is 5.88. The molecule has 0 aromatic heterocycles. The molecule has 0 spiro atoms. The molecular formula is C12H23N3O2. The first-order valence-corrected chi connectivity index (χ1v) is 6.30. The van der Waals surface area contributed by atoms with Crippen molar-refractivity contribution in [1.29, 1.82) is 0 Å². The Hall–Kier alpha value is -0.650. The summed E-state index contributed by atoms with van der Waals surface area (Å²) in [6.45, 7) is 7.05. The highest BCUT2D eigenvalue weighted by molar-refractivity contribution is 5.83. The lowest BCUT2D eigenvalue weighted by molar-refractivity contribution is -0.151. The highest BCUT2D eigenvalue weighted by Gasteiger charge is 2.41. The molecule has 2 aliphatic rings. The van der Waals surface area contributed by atoms with E-state index >= 15 is 0 Å². The van der Waals surface area contributed by atoms with Crippen LogP contribution in [-0.4, -0.2) is 66.7 Å². The lowest BCUT2D eigenvalue weighted by Crippen LogP contribution is -2.58. The number of carbonyl (C=O) groups excluding carboxylic acids is 1. The van der Waals surface area contributed by atoms with Crippen molar-refractivity contribution in [2.24, 2.45) is 5.73 Å². The summed E-state index contributed by atoms with van der Waals surface area (Å²) in [5.74, 6) is 0.235. The molecule has 0 aromatic carbocycles. The van der Waals surface area contributed by atoms with Gasteiger partial charge in [-0.15, -0.1) is 0 Å². The van der Waals surface area contributed by atoms with Gasteiger partial charge in [0, 0.05) is 33.2 Å². The minimum atomic E-state index is -0.219. The number of hydrogen-bond donors (Lipinski definition) is 1. The number of rotatable bonds is 2. The Bertz CT molecular complexity index is 306. The van der Waals surface area contributed by atoms with E-state index in [1.165, 1.54) is 0 Å². The van der Waals surface area contributed by atoms with Crippen LogP contribution < -0.4 is 5.73 Å². The summed E-state index contributed by atoms with van der Waals surface area (Å²) in [6.07, 6.45) is 0.959. The van der Waals surface area contributed by atoms with Crippen molar-refractivity contribution >= 4 is 5.91 Å². The third-order valence-corrected chi connectivity index (χ3v) is 3.61. The van der Waals surface area contributed by atoms with Crippen LogP contribution in [0.3, 0.4) is 0 Å². The maximum absolute atomic E-state index is 12.0. The molecule has 2 aliphatic heterocycles. The standard InChI is InChI=1S/C12H23N3O2/c1-12(2)8-15(7-9(6-13)17-12)10-4-5-14(3)11(10)16/h9-10H,4-8,13H2,1-3H3. The molecule has 2 heterocycles. The van der Waals surface area contributed by atoms with Gasteiger partial charge in [0.1, 0.15) is 0 Å². The zero-order valence-electron chi connectivity index (χ0n) is 11.0. The number of nitrogens with zero attached hydrogens (tertiary/aromatic N) is 2. The predicted octanol–water partition coefficient (Wildman–Crippen LogP) is -0.345.